The Morgan fingerprint density at radius 2 is 2.00 bits per heavy atom. The monoisotopic (exact) mass is 253 g/mol. The van der Waals surface area contributed by atoms with Crippen molar-refractivity contribution < 1.29 is 14.3 Å². The molecule has 0 unspecified atom stereocenters. The summed E-state index contributed by atoms with van der Waals surface area (Å²) in [5, 5.41) is 0. The number of carbonyl (C=O) groups is 2. The van der Waals surface area contributed by atoms with Gasteiger partial charge in [-0.3, -0.25) is 4.79 Å². The van der Waals surface area contributed by atoms with Crippen LogP contribution in [0.3, 0.4) is 0 Å². The SMILES string of the molecule is CCCCCCC(=O)N(CC)C1=C(C)C(=O)OC1. The second kappa shape index (κ2) is 7.19. The molecule has 1 aliphatic heterocycles. The molecule has 1 amide bonds. The average Bonchev–Trinajstić information content (AvgIpc) is 2.68. The van der Waals surface area contributed by atoms with Gasteiger partial charge in [-0.15, -0.1) is 0 Å². The zero-order chi connectivity index (χ0) is 13.5. The van der Waals surface area contributed by atoms with Gasteiger partial charge in [-0.2, -0.15) is 0 Å². The maximum Gasteiger partial charge on any atom is 0.336 e. The zero-order valence-electron chi connectivity index (χ0n) is 11.6. The maximum absolute atomic E-state index is 12.1. The van der Waals surface area contributed by atoms with E-state index in [1.54, 1.807) is 11.8 Å². The number of unbranched alkanes of at least 4 members (excludes halogenated alkanes) is 3. The fourth-order valence-corrected chi connectivity index (χ4v) is 2.10. The Morgan fingerprint density at radius 1 is 1.28 bits per heavy atom. The molecule has 1 aliphatic rings. The number of cyclic esters (lactones) is 1. The summed E-state index contributed by atoms with van der Waals surface area (Å²) in [4.78, 5) is 25.1. The van der Waals surface area contributed by atoms with Gasteiger partial charge in [-0.25, -0.2) is 4.79 Å². The van der Waals surface area contributed by atoms with Crippen LogP contribution in [0.25, 0.3) is 0 Å². The number of esters is 1. The molecule has 0 bridgehead atoms. The second-order valence-electron chi connectivity index (χ2n) is 4.60. The van der Waals surface area contributed by atoms with Crippen LogP contribution in [0.2, 0.25) is 0 Å². The molecule has 0 saturated heterocycles. The maximum atomic E-state index is 12.1. The Hall–Kier alpha value is -1.32. The third-order valence-corrected chi connectivity index (χ3v) is 3.27. The van der Waals surface area contributed by atoms with Crippen molar-refractivity contribution in [2.45, 2.75) is 52.9 Å². The van der Waals surface area contributed by atoms with E-state index in [9.17, 15) is 9.59 Å². The highest BCUT2D eigenvalue weighted by Gasteiger charge is 2.27. The molecule has 18 heavy (non-hydrogen) atoms. The molecular weight excluding hydrogens is 230 g/mol. The molecule has 1 rings (SSSR count). The fourth-order valence-electron chi connectivity index (χ4n) is 2.10. The fraction of sp³-hybridized carbons (Fsp3) is 0.714. The van der Waals surface area contributed by atoms with Crippen molar-refractivity contribution in [3.63, 3.8) is 0 Å². The third kappa shape index (κ3) is 3.59. The van der Waals surface area contributed by atoms with Crippen molar-refractivity contribution >= 4 is 11.9 Å². The van der Waals surface area contributed by atoms with Gasteiger partial charge >= 0.3 is 5.97 Å². The summed E-state index contributed by atoms with van der Waals surface area (Å²) < 4.78 is 4.95. The highest BCUT2D eigenvalue weighted by molar-refractivity contribution is 5.92. The highest BCUT2D eigenvalue weighted by Crippen LogP contribution is 2.20. The summed E-state index contributed by atoms with van der Waals surface area (Å²) >= 11 is 0. The average molecular weight is 253 g/mol. The molecule has 0 aliphatic carbocycles. The molecule has 0 atom stereocenters. The van der Waals surface area contributed by atoms with Crippen LogP contribution < -0.4 is 0 Å². The van der Waals surface area contributed by atoms with E-state index >= 15 is 0 Å². The topological polar surface area (TPSA) is 46.6 Å². The normalized spacial score (nSPS) is 14.9. The number of hydrogen-bond acceptors (Lipinski definition) is 3. The summed E-state index contributed by atoms with van der Waals surface area (Å²) in [6, 6.07) is 0. The molecule has 0 saturated carbocycles. The highest BCUT2D eigenvalue weighted by atomic mass is 16.5. The number of likely N-dealkylation sites (N-methyl/N-ethyl adjacent to an activating group) is 1. The van der Waals surface area contributed by atoms with Crippen LogP contribution in [-0.4, -0.2) is 29.9 Å². The van der Waals surface area contributed by atoms with Crippen molar-refractivity contribution in [3.8, 4) is 0 Å². The molecule has 0 fully saturated rings. The number of carbonyl (C=O) groups excluding carboxylic acids is 2. The molecular formula is C14H23NO3. The van der Waals surface area contributed by atoms with Gasteiger partial charge in [0.2, 0.25) is 5.91 Å². The molecule has 0 aromatic rings. The molecule has 0 N–H and O–H groups in total. The van der Waals surface area contributed by atoms with Crippen molar-refractivity contribution in [1.82, 2.24) is 4.90 Å². The van der Waals surface area contributed by atoms with Crippen LogP contribution in [0, 0.1) is 0 Å². The molecule has 0 radical (unpaired) electrons. The van der Waals surface area contributed by atoms with Gasteiger partial charge in [0.15, 0.2) is 0 Å². The van der Waals surface area contributed by atoms with Gasteiger partial charge in [0.05, 0.1) is 11.3 Å². The number of rotatable bonds is 7. The lowest BCUT2D eigenvalue weighted by molar-refractivity contribution is -0.136. The summed E-state index contributed by atoms with van der Waals surface area (Å²) in [5.74, 6) is -0.205. The molecule has 0 aromatic heterocycles. The first-order valence-corrected chi connectivity index (χ1v) is 6.79. The van der Waals surface area contributed by atoms with Crippen molar-refractivity contribution in [3.05, 3.63) is 11.3 Å². The number of nitrogens with zero attached hydrogens (tertiary/aromatic N) is 1. The zero-order valence-corrected chi connectivity index (χ0v) is 11.6. The summed E-state index contributed by atoms with van der Waals surface area (Å²) in [7, 11) is 0. The molecule has 0 aromatic carbocycles. The second-order valence-corrected chi connectivity index (χ2v) is 4.60. The summed E-state index contributed by atoms with van der Waals surface area (Å²) in [6.45, 7) is 6.62. The predicted molar refractivity (Wildman–Crippen MR) is 69.8 cm³/mol. The van der Waals surface area contributed by atoms with Crippen LogP contribution in [0.1, 0.15) is 52.9 Å². The Bertz CT molecular complexity index is 347. The van der Waals surface area contributed by atoms with Gasteiger partial charge in [-0.05, 0) is 20.3 Å². The number of ether oxygens (including phenoxy) is 1. The minimum atomic E-state index is -0.303. The Labute approximate surface area is 109 Å². The van der Waals surface area contributed by atoms with Gasteiger partial charge in [0, 0.05) is 13.0 Å². The van der Waals surface area contributed by atoms with E-state index in [0.29, 0.717) is 18.5 Å². The molecule has 1 heterocycles. The lowest BCUT2D eigenvalue weighted by Crippen LogP contribution is -2.31. The Balaban J connectivity index is 2.56. The van der Waals surface area contributed by atoms with E-state index in [2.05, 4.69) is 6.92 Å². The van der Waals surface area contributed by atoms with E-state index in [1.165, 1.54) is 6.42 Å². The molecule has 4 nitrogen and oxygen atoms in total. The molecule has 102 valence electrons. The first-order chi connectivity index (χ1) is 8.61. The van der Waals surface area contributed by atoms with Gasteiger partial charge in [0.1, 0.15) is 6.61 Å². The quantitative estimate of drug-likeness (QED) is 0.517. The van der Waals surface area contributed by atoms with Gasteiger partial charge in [0.25, 0.3) is 0 Å². The molecule has 0 spiro atoms. The van der Waals surface area contributed by atoms with E-state index in [4.69, 9.17) is 4.74 Å². The lowest BCUT2D eigenvalue weighted by atomic mass is 10.1. The summed E-state index contributed by atoms with van der Waals surface area (Å²) in [5.41, 5.74) is 1.31. The van der Waals surface area contributed by atoms with Crippen molar-refractivity contribution in [2.75, 3.05) is 13.2 Å². The van der Waals surface area contributed by atoms with Gasteiger partial charge < -0.3 is 9.64 Å². The van der Waals surface area contributed by atoms with Crippen LogP contribution in [0.4, 0.5) is 0 Å². The van der Waals surface area contributed by atoms with E-state index in [1.807, 2.05) is 6.92 Å². The van der Waals surface area contributed by atoms with Gasteiger partial charge in [-0.1, -0.05) is 26.2 Å². The Morgan fingerprint density at radius 3 is 2.50 bits per heavy atom. The van der Waals surface area contributed by atoms with E-state index < -0.39 is 0 Å². The summed E-state index contributed by atoms with van der Waals surface area (Å²) in [6.07, 6.45) is 4.90. The first-order valence-electron chi connectivity index (χ1n) is 6.79. The van der Waals surface area contributed by atoms with E-state index in [-0.39, 0.29) is 18.5 Å². The smallest absolute Gasteiger partial charge is 0.336 e. The molecule has 4 heteroatoms. The van der Waals surface area contributed by atoms with Crippen molar-refractivity contribution in [2.24, 2.45) is 0 Å². The van der Waals surface area contributed by atoms with Crippen LogP contribution >= 0.6 is 0 Å². The lowest BCUT2D eigenvalue weighted by Gasteiger charge is -2.21. The number of hydrogen-bond donors (Lipinski definition) is 0. The van der Waals surface area contributed by atoms with Crippen LogP contribution in [0.15, 0.2) is 11.3 Å². The third-order valence-electron chi connectivity index (χ3n) is 3.27. The van der Waals surface area contributed by atoms with Crippen molar-refractivity contribution in [1.29, 1.82) is 0 Å². The minimum absolute atomic E-state index is 0.0984. The Kier molecular flexibility index (Phi) is 5.89. The van der Waals surface area contributed by atoms with Crippen LogP contribution in [-0.2, 0) is 14.3 Å². The van der Waals surface area contributed by atoms with E-state index in [0.717, 1.165) is 25.0 Å². The predicted octanol–water partition coefficient (Wildman–Crippen LogP) is 2.64. The van der Waals surface area contributed by atoms with Crippen LogP contribution in [0.5, 0.6) is 0 Å². The largest absolute Gasteiger partial charge is 0.456 e. The standard InChI is InChI=1S/C14H23NO3/c1-4-6-7-8-9-13(16)15(5-2)12-10-18-14(17)11(12)3/h4-10H2,1-3H3. The minimum Gasteiger partial charge on any atom is -0.456 e. The first kappa shape index (κ1) is 14.7. The number of amides is 1.